The number of ketones is 1. The van der Waals surface area contributed by atoms with Crippen LogP contribution in [0.4, 0.5) is 5.69 Å². The number of carbonyl (C=O) groups is 3. The molecule has 32 heavy (non-hydrogen) atoms. The number of carbonyl (C=O) groups excluding carboxylic acids is 3. The second kappa shape index (κ2) is 7.19. The Morgan fingerprint density at radius 1 is 0.938 bits per heavy atom. The maximum atomic E-state index is 13.8. The highest BCUT2D eigenvalue weighted by molar-refractivity contribution is 6.35. The third-order valence-corrected chi connectivity index (χ3v) is 7.01. The van der Waals surface area contributed by atoms with E-state index >= 15 is 0 Å². The molecule has 4 atom stereocenters. The van der Waals surface area contributed by atoms with Crippen molar-refractivity contribution in [2.45, 2.75) is 32.9 Å². The van der Waals surface area contributed by atoms with Crippen molar-refractivity contribution in [3.63, 3.8) is 0 Å². The molecule has 0 N–H and O–H groups in total. The predicted octanol–water partition coefficient (Wildman–Crippen LogP) is 5.12. The Bertz CT molecular complexity index is 1180. The summed E-state index contributed by atoms with van der Waals surface area (Å²) in [4.78, 5) is 44.2. The van der Waals surface area contributed by atoms with Gasteiger partial charge in [0.25, 0.3) is 0 Å². The van der Waals surface area contributed by atoms with E-state index in [9.17, 15) is 14.4 Å². The van der Waals surface area contributed by atoms with E-state index in [4.69, 9.17) is 23.2 Å². The lowest BCUT2D eigenvalue weighted by molar-refractivity contribution is -0.135. The second-order valence-electron chi connectivity index (χ2n) is 9.59. The van der Waals surface area contributed by atoms with E-state index in [1.54, 1.807) is 18.2 Å². The van der Waals surface area contributed by atoms with Crippen molar-refractivity contribution < 1.29 is 14.4 Å². The third kappa shape index (κ3) is 3.02. The van der Waals surface area contributed by atoms with Crippen molar-refractivity contribution in [1.29, 1.82) is 0 Å². The highest BCUT2D eigenvalue weighted by Gasteiger charge is 2.65. The fourth-order valence-electron chi connectivity index (χ4n) is 5.22. The average Bonchev–Trinajstić information content (AvgIpc) is 3.19. The number of benzene rings is 2. The van der Waals surface area contributed by atoms with Gasteiger partial charge in [0, 0.05) is 21.7 Å². The highest BCUT2D eigenvalue weighted by atomic mass is 35.5. The van der Waals surface area contributed by atoms with Crippen molar-refractivity contribution in [3.05, 3.63) is 69.8 Å². The van der Waals surface area contributed by atoms with Gasteiger partial charge in [-0.1, -0.05) is 68.2 Å². The summed E-state index contributed by atoms with van der Waals surface area (Å²) < 4.78 is 0. The lowest BCUT2D eigenvalue weighted by atomic mass is 9.79. The largest absolute Gasteiger partial charge is 0.359 e. The minimum Gasteiger partial charge on any atom is -0.359 e. The number of nitrogens with zero attached hydrogens (tertiary/aromatic N) is 2. The maximum Gasteiger partial charge on any atom is 0.240 e. The van der Waals surface area contributed by atoms with Crippen LogP contribution in [-0.2, 0) is 14.4 Å². The van der Waals surface area contributed by atoms with Gasteiger partial charge in [-0.2, -0.15) is 0 Å². The molecule has 0 saturated carbocycles. The first-order valence-electron chi connectivity index (χ1n) is 10.5. The smallest absolute Gasteiger partial charge is 0.240 e. The number of fused-ring (bicyclic) bond motifs is 5. The van der Waals surface area contributed by atoms with E-state index in [-0.39, 0.29) is 17.6 Å². The minimum absolute atomic E-state index is 0.0637. The molecule has 0 aliphatic carbocycles. The monoisotopic (exact) mass is 468 g/mol. The van der Waals surface area contributed by atoms with E-state index in [0.717, 1.165) is 16.0 Å². The normalized spacial score (nSPS) is 26.3. The molecule has 7 heteroatoms. The maximum absolute atomic E-state index is 13.8. The van der Waals surface area contributed by atoms with Crippen LogP contribution >= 0.6 is 23.2 Å². The molecule has 3 aliphatic heterocycles. The molecule has 2 fully saturated rings. The number of halogens is 2. The zero-order valence-corrected chi connectivity index (χ0v) is 19.4. The summed E-state index contributed by atoms with van der Waals surface area (Å²) in [7, 11) is 0. The number of anilines is 1. The fraction of sp³-hybridized carbons (Fsp3) is 0.320. The molecule has 0 aromatic heterocycles. The van der Waals surface area contributed by atoms with Gasteiger partial charge in [0.15, 0.2) is 5.78 Å². The molecule has 3 heterocycles. The Morgan fingerprint density at radius 2 is 1.56 bits per heavy atom. The Hall–Kier alpha value is -2.63. The summed E-state index contributed by atoms with van der Waals surface area (Å²) in [6.07, 6.45) is 3.81. The molecule has 2 saturated heterocycles. The third-order valence-electron chi connectivity index (χ3n) is 6.57. The van der Waals surface area contributed by atoms with Crippen LogP contribution in [-0.4, -0.2) is 28.5 Å². The van der Waals surface area contributed by atoms with Crippen LogP contribution in [0.1, 0.15) is 37.9 Å². The van der Waals surface area contributed by atoms with Gasteiger partial charge < -0.3 is 4.90 Å². The molecule has 3 aliphatic rings. The summed E-state index contributed by atoms with van der Waals surface area (Å²) in [5, 5.41) is 0.667. The molecule has 0 bridgehead atoms. The van der Waals surface area contributed by atoms with Gasteiger partial charge in [0.05, 0.1) is 23.6 Å². The van der Waals surface area contributed by atoms with Crippen molar-refractivity contribution in [1.82, 2.24) is 4.90 Å². The average molecular weight is 469 g/mol. The molecule has 164 valence electrons. The molecular formula is C25H22Cl2N2O3. The Balaban J connectivity index is 1.68. The number of hydrogen-bond donors (Lipinski definition) is 0. The van der Waals surface area contributed by atoms with Crippen molar-refractivity contribution >= 4 is 52.6 Å². The lowest BCUT2D eigenvalue weighted by Crippen LogP contribution is -2.47. The van der Waals surface area contributed by atoms with Crippen LogP contribution in [0.25, 0.3) is 6.08 Å². The lowest BCUT2D eigenvalue weighted by Gasteiger charge is -2.37. The molecule has 2 amide bonds. The van der Waals surface area contributed by atoms with Crippen molar-refractivity contribution in [3.8, 4) is 0 Å². The van der Waals surface area contributed by atoms with Crippen LogP contribution in [0.5, 0.6) is 0 Å². The fourth-order valence-corrected chi connectivity index (χ4v) is 5.74. The Kier molecular flexibility index (Phi) is 4.77. The molecule has 2 aromatic rings. The van der Waals surface area contributed by atoms with E-state index in [1.807, 2.05) is 62.2 Å². The molecule has 0 radical (unpaired) electrons. The number of Topliss-reactive ketones (excluding diaryl/α,β-unsaturated/α-hetero) is 1. The summed E-state index contributed by atoms with van der Waals surface area (Å²) in [6, 6.07) is 11.3. The zero-order chi connectivity index (χ0) is 22.9. The Labute approximate surface area is 196 Å². The van der Waals surface area contributed by atoms with Gasteiger partial charge in [-0.25, -0.2) is 4.90 Å². The number of imide groups is 1. The van der Waals surface area contributed by atoms with Gasteiger partial charge in [-0.3, -0.25) is 14.4 Å². The summed E-state index contributed by atoms with van der Waals surface area (Å²) in [6.45, 7) is 5.53. The van der Waals surface area contributed by atoms with Crippen LogP contribution in [0.15, 0.2) is 48.7 Å². The molecule has 5 rings (SSSR count). The van der Waals surface area contributed by atoms with Crippen LogP contribution in [0.2, 0.25) is 10.0 Å². The second-order valence-corrected chi connectivity index (χ2v) is 10.5. The summed E-state index contributed by atoms with van der Waals surface area (Å²) >= 11 is 12.3. The van der Waals surface area contributed by atoms with Gasteiger partial charge in [-0.05, 0) is 35.4 Å². The van der Waals surface area contributed by atoms with Gasteiger partial charge >= 0.3 is 0 Å². The van der Waals surface area contributed by atoms with E-state index in [0.29, 0.717) is 15.7 Å². The van der Waals surface area contributed by atoms with Gasteiger partial charge in [0.2, 0.25) is 11.8 Å². The molecule has 2 aromatic carbocycles. The standard InChI is InChI=1S/C25H22Cl2N2O3/c1-25(2,3)22(30)21-19-18(20-17-7-5-4-6-13(17)8-9-28(20)21)23(31)29(24(19)32)16-11-14(26)10-15(27)12-16/h4-12,18-21H,1-3H3/t18-,19-,20+,21+/m0/s1. The summed E-state index contributed by atoms with van der Waals surface area (Å²) in [5.41, 5.74) is 1.59. The Morgan fingerprint density at radius 3 is 2.22 bits per heavy atom. The predicted molar refractivity (Wildman–Crippen MR) is 124 cm³/mol. The van der Waals surface area contributed by atoms with Crippen molar-refractivity contribution in [2.24, 2.45) is 17.3 Å². The van der Waals surface area contributed by atoms with E-state index in [2.05, 4.69) is 0 Å². The highest BCUT2D eigenvalue weighted by Crippen LogP contribution is 2.54. The molecule has 5 nitrogen and oxygen atoms in total. The van der Waals surface area contributed by atoms with Gasteiger partial charge in [-0.15, -0.1) is 0 Å². The van der Waals surface area contributed by atoms with Crippen LogP contribution < -0.4 is 4.90 Å². The molecule has 0 spiro atoms. The van der Waals surface area contributed by atoms with Gasteiger partial charge in [0.1, 0.15) is 6.04 Å². The SMILES string of the molecule is CC(C)(C)C(=O)[C@H]1[C@H]2C(=O)N(c3cc(Cl)cc(Cl)c3)C(=O)[C@@H]2[C@H]2c3ccccc3C=CN21. The topological polar surface area (TPSA) is 57.7 Å². The number of amides is 2. The first-order chi connectivity index (χ1) is 15.1. The van der Waals surface area contributed by atoms with Crippen LogP contribution in [0.3, 0.4) is 0 Å². The first kappa shape index (κ1) is 21.2. The minimum atomic E-state index is -0.784. The van der Waals surface area contributed by atoms with Crippen molar-refractivity contribution in [2.75, 3.05) is 4.90 Å². The molecule has 0 unspecified atom stereocenters. The van der Waals surface area contributed by atoms with E-state index < -0.39 is 29.3 Å². The number of rotatable bonds is 2. The summed E-state index contributed by atoms with van der Waals surface area (Å²) in [5.74, 6) is -2.24. The quantitative estimate of drug-likeness (QED) is 0.573. The zero-order valence-electron chi connectivity index (χ0n) is 17.9. The van der Waals surface area contributed by atoms with Crippen LogP contribution in [0, 0.1) is 17.3 Å². The molecular weight excluding hydrogens is 447 g/mol. The first-order valence-corrected chi connectivity index (χ1v) is 11.3. The van der Waals surface area contributed by atoms with E-state index in [1.165, 1.54) is 0 Å². The number of hydrogen-bond acceptors (Lipinski definition) is 4.